The van der Waals surface area contributed by atoms with Crippen molar-refractivity contribution >= 4 is 17.5 Å². The number of aromatic nitrogens is 4. The number of hydrogen-bond acceptors (Lipinski definition) is 9. The minimum absolute atomic E-state index is 0.307. The molecule has 1 aliphatic heterocycles. The van der Waals surface area contributed by atoms with Gasteiger partial charge in [0.1, 0.15) is 17.5 Å². The van der Waals surface area contributed by atoms with Crippen molar-refractivity contribution < 1.29 is 23.7 Å². The Morgan fingerprint density at radius 3 is 2.33 bits per heavy atom. The van der Waals surface area contributed by atoms with E-state index in [1.54, 1.807) is 69.8 Å². The molecule has 11 heteroatoms. The Bertz CT molecular complexity index is 1530. The van der Waals surface area contributed by atoms with Gasteiger partial charge in [-0.05, 0) is 48.9 Å². The first-order chi connectivity index (χ1) is 18.9. The number of nitrogens with one attached hydrogen (secondary N) is 2. The summed E-state index contributed by atoms with van der Waals surface area (Å²) in [6.45, 7) is 1.83. The summed E-state index contributed by atoms with van der Waals surface area (Å²) in [5, 5.41) is 11.0. The molecule has 1 amide bonds. The van der Waals surface area contributed by atoms with E-state index >= 15 is 0 Å². The quantitative estimate of drug-likeness (QED) is 0.345. The number of fused-ring (bicyclic) bond motifs is 1. The summed E-state index contributed by atoms with van der Waals surface area (Å²) in [6.07, 6.45) is 3.23. The zero-order valence-corrected chi connectivity index (χ0v) is 22.2. The number of benzene rings is 2. The van der Waals surface area contributed by atoms with Crippen molar-refractivity contribution in [2.75, 3.05) is 39.1 Å². The summed E-state index contributed by atoms with van der Waals surface area (Å²) < 4.78 is 23.5. The molecule has 3 heterocycles. The third-order valence-electron chi connectivity index (χ3n) is 6.35. The molecule has 0 bridgehead atoms. The first kappa shape index (κ1) is 25.6. The van der Waals surface area contributed by atoms with Crippen LogP contribution in [0.4, 0.5) is 11.6 Å². The molecule has 200 valence electrons. The van der Waals surface area contributed by atoms with Crippen LogP contribution in [0.15, 0.2) is 72.2 Å². The molecule has 1 unspecified atom stereocenters. The summed E-state index contributed by atoms with van der Waals surface area (Å²) in [6, 6.07) is 13.8. The first-order valence-corrected chi connectivity index (χ1v) is 12.1. The predicted octanol–water partition coefficient (Wildman–Crippen LogP) is 4.30. The van der Waals surface area contributed by atoms with Crippen LogP contribution in [-0.2, 0) is 4.79 Å². The van der Waals surface area contributed by atoms with Gasteiger partial charge < -0.3 is 29.6 Å². The molecule has 0 radical (unpaired) electrons. The van der Waals surface area contributed by atoms with Crippen LogP contribution in [0.25, 0.3) is 11.4 Å². The predicted molar refractivity (Wildman–Crippen MR) is 145 cm³/mol. The molecule has 2 N–H and O–H groups in total. The van der Waals surface area contributed by atoms with Crippen molar-refractivity contribution in [3.05, 3.63) is 77.8 Å². The Morgan fingerprint density at radius 1 is 0.949 bits per heavy atom. The van der Waals surface area contributed by atoms with Crippen LogP contribution < -0.4 is 29.6 Å². The van der Waals surface area contributed by atoms with E-state index in [1.165, 1.54) is 0 Å². The SMILES string of the molecule is COc1cc(OC)cc(-c2nc3n(n2)C(c2ccc(OC)c(OC)c2)C(C(=O)Nc2cccnc2)=C(C)N3)c1. The Kier molecular flexibility index (Phi) is 7.04. The van der Waals surface area contributed by atoms with Gasteiger partial charge in [0.05, 0.1) is 45.9 Å². The van der Waals surface area contributed by atoms with Gasteiger partial charge in [0.25, 0.3) is 5.91 Å². The molecule has 0 saturated heterocycles. The number of pyridine rings is 1. The minimum Gasteiger partial charge on any atom is -0.497 e. The van der Waals surface area contributed by atoms with Crippen molar-refractivity contribution in [1.82, 2.24) is 19.7 Å². The van der Waals surface area contributed by atoms with Crippen LogP contribution in [0.3, 0.4) is 0 Å². The molecule has 0 saturated carbocycles. The molecular formula is C28H28N6O5. The number of anilines is 2. The monoisotopic (exact) mass is 528 g/mol. The van der Waals surface area contributed by atoms with E-state index in [2.05, 4.69) is 15.6 Å². The molecule has 0 aliphatic carbocycles. The van der Waals surface area contributed by atoms with E-state index < -0.39 is 6.04 Å². The standard InChI is InChI=1S/C28H28N6O5/c1-16-24(27(35)31-19-7-6-10-29-15-19)25(17-8-9-22(38-4)23(13-17)39-5)34-28(30-16)32-26(33-34)18-11-20(36-2)14-21(12-18)37-3/h6-15,25H,1-5H3,(H,31,35)(H,30,32,33). The molecular weight excluding hydrogens is 500 g/mol. The number of carbonyl (C=O) groups is 1. The number of carbonyl (C=O) groups excluding carboxylic acids is 1. The van der Waals surface area contributed by atoms with Gasteiger partial charge in [0.15, 0.2) is 17.3 Å². The number of ether oxygens (including phenoxy) is 4. The number of amides is 1. The number of rotatable bonds is 8. The number of hydrogen-bond donors (Lipinski definition) is 2. The molecule has 4 aromatic rings. The molecule has 1 aliphatic rings. The van der Waals surface area contributed by atoms with E-state index in [-0.39, 0.29) is 5.91 Å². The second-order valence-corrected chi connectivity index (χ2v) is 8.68. The normalized spacial score (nSPS) is 14.2. The van der Waals surface area contributed by atoms with Crippen LogP contribution in [0, 0.1) is 0 Å². The lowest BCUT2D eigenvalue weighted by Crippen LogP contribution is -2.31. The van der Waals surface area contributed by atoms with Crippen LogP contribution in [-0.4, -0.2) is 54.1 Å². The highest BCUT2D eigenvalue weighted by Gasteiger charge is 2.35. The van der Waals surface area contributed by atoms with Crippen molar-refractivity contribution in [3.63, 3.8) is 0 Å². The van der Waals surface area contributed by atoms with E-state index in [9.17, 15) is 4.79 Å². The maximum Gasteiger partial charge on any atom is 0.255 e. The van der Waals surface area contributed by atoms with Gasteiger partial charge in [0.2, 0.25) is 5.95 Å². The van der Waals surface area contributed by atoms with E-state index in [1.807, 2.05) is 31.2 Å². The maximum atomic E-state index is 13.7. The third-order valence-corrected chi connectivity index (χ3v) is 6.35. The van der Waals surface area contributed by atoms with E-state index in [0.29, 0.717) is 57.3 Å². The van der Waals surface area contributed by atoms with Gasteiger partial charge in [-0.2, -0.15) is 4.98 Å². The second-order valence-electron chi connectivity index (χ2n) is 8.68. The number of methoxy groups -OCH3 is 4. The molecule has 2 aromatic heterocycles. The molecule has 2 aromatic carbocycles. The van der Waals surface area contributed by atoms with Crippen LogP contribution in [0.5, 0.6) is 23.0 Å². The van der Waals surface area contributed by atoms with Gasteiger partial charge in [-0.1, -0.05) is 6.07 Å². The Labute approximate surface area is 225 Å². The fraction of sp³-hybridized carbons (Fsp3) is 0.214. The highest BCUT2D eigenvalue weighted by molar-refractivity contribution is 6.06. The van der Waals surface area contributed by atoms with Gasteiger partial charge >= 0.3 is 0 Å². The van der Waals surface area contributed by atoms with Crippen molar-refractivity contribution in [2.24, 2.45) is 0 Å². The van der Waals surface area contributed by atoms with E-state index in [4.69, 9.17) is 29.0 Å². The van der Waals surface area contributed by atoms with Gasteiger partial charge in [-0.15, -0.1) is 5.10 Å². The number of nitrogens with zero attached hydrogens (tertiary/aromatic N) is 4. The minimum atomic E-state index is -0.633. The summed E-state index contributed by atoms with van der Waals surface area (Å²) in [4.78, 5) is 22.6. The Balaban J connectivity index is 1.64. The van der Waals surface area contributed by atoms with Crippen molar-refractivity contribution in [1.29, 1.82) is 0 Å². The fourth-order valence-electron chi connectivity index (χ4n) is 4.47. The van der Waals surface area contributed by atoms with Gasteiger partial charge in [0, 0.05) is 23.5 Å². The number of allylic oxidation sites excluding steroid dienone is 1. The topological polar surface area (TPSA) is 122 Å². The maximum absolute atomic E-state index is 13.7. The van der Waals surface area contributed by atoms with Gasteiger partial charge in [-0.3, -0.25) is 9.78 Å². The average Bonchev–Trinajstić information content (AvgIpc) is 3.39. The highest BCUT2D eigenvalue weighted by atomic mass is 16.5. The molecule has 11 nitrogen and oxygen atoms in total. The largest absolute Gasteiger partial charge is 0.497 e. The van der Waals surface area contributed by atoms with E-state index in [0.717, 1.165) is 5.56 Å². The average molecular weight is 529 g/mol. The zero-order chi connectivity index (χ0) is 27.5. The lowest BCUT2D eigenvalue weighted by molar-refractivity contribution is -0.113. The lowest BCUT2D eigenvalue weighted by Gasteiger charge is -2.29. The Morgan fingerprint density at radius 2 is 1.69 bits per heavy atom. The molecule has 39 heavy (non-hydrogen) atoms. The molecule has 5 rings (SSSR count). The highest BCUT2D eigenvalue weighted by Crippen LogP contribution is 2.40. The fourth-order valence-corrected chi connectivity index (χ4v) is 4.47. The summed E-state index contributed by atoms with van der Waals surface area (Å²) in [5.41, 5.74) is 3.11. The Hall–Kier alpha value is -5.06. The third kappa shape index (κ3) is 4.93. The summed E-state index contributed by atoms with van der Waals surface area (Å²) >= 11 is 0. The van der Waals surface area contributed by atoms with Crippen LogP contribution in [0.1, 0.15) is 18.5 Å². The lowest BCUT2D eigenvalue weighted by atomic mass is 9.94. The van der Waals surface area contributed by atoms with Crippen molar-refractivity contribution in [3.8, 4) is 34.4 Å². The summed E-state index contributed by atoms with van der Waals surface area (Å²) in [7, 11) is 6.30. The van der Waals surface area contributed by atoms with Gasteiger partial charge in [-0.25, -0.2) is 4.68 Å². The van der Waals surface area contributed by atoms with Crippen LogP contribution in [0.2, 0.25) is 0 Å². The molecule has 1 atom stereocenters. The smallest absolute Gasteiger partial charge is 0.255 e. The molecule has 0 spiro atoms. The zero-order valence-electron chi connectivity index (χ0n) is 22.2. The summed E-state index contributed by atoms with van der Waals surface area (Å²) in [5.74, 6) is 2.90. The first-order valence-electron chi connectivity index (χ1n) is 12.1. The van der Waals surface area contributed by atoms with Crippen LogP contribution >= 0.6 is 0 Å². The van der Waals surface area contributed by atoms with Crippen molar-refractivity contribution in [2.45, 2.75) is 13.0 Å². The molecule has 0 fully saturated rings. The second kappa shape index (κ2) is 10.7.